The minimum atomic E-state index is -1.36. The van der Waals surface area contributed by atoms with Crippen molar-refractivity contribution in [3.63, 3.8) is 0 Å². The number of benzene rings is 1. The molecule has 0 aliphatic carbocycles. The highest BCUT2D eigenvalue weighted by Gasteiger charge is 2.58. The summed E-state index contributed by atoms with van der Waals surface area (Å²) in [6.07, 6.45) is 0.971. The van der Waals surface area contributed by atoms with Crippen molar-refractivity contribution in [2.45, 2.75) is 13.0 Å². The maximum absolute atomic E-state index is 12.4. The monoisotopic (exact) mass is 271 g/mol. The first-order chi connectivity index (χ1) is 9.70. The van der Waals surface area contributed by atoms with Gasteiger partial charge in [-0.3, -0.25) is 4.79 Å². The van der Waals surface area contributed by atoms with Gasteiger partial charge >= 0.3 is 5.97 Å². The molecule has 0 aromatic heterocycles. The molecule has 0 N–H and O–H groups in total. The Kier molecular flexibility index (Phi) is 4.21. The van der Waals surface area contributed by atoms with Gasteiger partial charge in [0.15, 0.2) is 5.41 Å². The Bertz CT molecular complexity index is 534. The molecule has 3 unspecified atom stereocenters. The highest BCUT2D eigenvalue weighted by molar-refractivity contribution is 5.82. The summed E-state index contributed by atoms with van der Waals surface area (Å²) < 4.78 is 10.8. The van der Waals surface area contributed by atoms with E-state index in [1.165, 1.54) is 0 Å². The van der Waals surface area contributed by atoms with E-state index in [1.54, 1.807) is 13.0 Å². The van der Waals surface area contributed by atoms with E-state index < -0.39 is 17.5 Å². The van der Waals surface area contributed by atoms with E-state index in [1.807, 2.05) is 30.3 Å². The van der Waals surface area contributed by atoms with Gasteiger partial charge in [-0.1, -0.05) is 36.4 Å². The molecule has 0 bridgehead atoms. The van der Waals surface area contributed by atoms with E-state index in [4.69, 9.17) is 9.47 Å². The predicted octanol–water partition coefficient (Wildman–Crippen LogP) is 2.63. The standard InChI is InChI=1S/C16H17NO3/c1-3-13-10-20-14(12-8-6-5-7-9-12)16(13,11-17)15(18)19-4-2/h3,5-9,13-14H,1,4,10H2,2H3. The number of rotatable bonds is 4. The molecule has 1 fully saturated rings. The van der Waals surface area contributed by atoms with Crippen LogP contribution in [0.5, 0.6) is 0 Å². The molecule has 4 nitrogen and oxygen atoms in total. The van der Waals surface area contributed by atoms with Crippen molar-refractivity contribution >= 4 is 5.97 Å². The minimum Gasteiger partial charge on any atom is -0.465 e. The molecule has 1 heterocycles. The highest BCUT2D eigenvalue weighted by atomic mass is 16.5. The van der Waals surface area contributed by atoms with Crippen LogP contribution in [0.4, 0.5) is 0 Å². The van der Waals surface area contributed by atoms with Crippen molar-refractivity contribution in [2.24, 2.45) is 11.3 Å². The molecule has 1 saturated heterocycles. The normalized spacial score (nSPS) is 28.6. The molecule has 0 amide bonds. The summed E-state index contributed by atoms with van der Waals surface area (Å²) in [6, 6.07) is 11.4. The molecule has 1 aromatic rings. The number of nitrogens with zero attached hydrogens (tertiary/aromatic N) is 1. The maximum atomic E-state index is 12.4. The van der Waals surface area contributed by atoms with Crippen LogP contribution in [0.2, 0.25) is 0 Å². The molecule has 3 atom stereocenters. The SMILES string of the molecule is C=CC1COC(c2ccccc2)C1(C#N)C(=O)OCC. The van der Waals surface area contributed by atoms with Crippen LogP contribution in [-0.2, 0) is 14.3 Å². The van der Waals surface area contributed by atoms with Crippen molar-refractivity contribution in [3.8, 4) is 6.07 Å². The van der Waals surface area contributed by atoms with Crippen LogP contribution in [0.15, 0.2) is 43.0 Å². The third-order valence-electron chi connectivity index (χ3n) is 3.63. The molecule has 1 aromatic carbocycles. The predicted molar refractivity (Wildman–Crippen MR) is 73.5 cm³/mol. The zero-order valence-corrected chi connectivity index (χ0v) is 11.4. The minimum absolute atomic E-state index is 0.230. The van der Waals surface area contributed by atoms with Gasteiger partial charge in [0.2, 0.25) is 0 Å². The van der Waals surface area contributed by atoms with Gasteiger partial charge in [-0.15, -0.1) is 6.58 Å². The number of hydrogen-bond donors (Lipinski definition) is 0. The average Bonchev–Trinajstić information content (AvgIpc) is 2.87. The number of carbonyl (C=O) groups is 1. The Morgan fingerprint density at radius 2 is 2.30 bits per heavy atom. The molecule has 20 heavy (non-hydrogen) atoms. The second-order valence-corrected chi connectivity index (χ2v) is 4.67. The smallest absolute Gasteiger partial charge is 0.330 e. The number of hydrogen-bond acceptors (Lipinski definition) is 4. The Balaban J connectivity index is 2.48. The van der Waals surface area contributed by atoms with Gasteiger partial charge in [0, 0.05) is 5.92 Å². The van der Waals surface area contributed by atoms with Gasteiger partial charge in [0.05, 0.1) is 19.3 Å². The van der Waals surface area contributed by atoms with Crippen LogP contribution >= 0.6 is 0 Å². The average molecular weight is 271 g/mol. The molecule has 0 spiro atoms. The molecule has 2 rings (SSSR count). The van der Waals surface area contributed by atoms with Gasteiger partial charge in [-0.25, -0.2) is 0 Å². The third-order valence-corrected chi connectivity index (χ3v) is 3.63. The first-order valence-corrected chi connectivity index (χ1v) is 6.58. The number of nitriles is 1. The largest absolute Gasteiger partial charge is 0.465 e. The molecule has 0 saturated carbocycles. The zero-order valence-electron chi connectivity index (χ0n) is 11.4. The highest BCUT2D eigenvalue weighted by Crippen LogP contribution is 2.49. The summed E-state index contributed by atoms with van der Waals surface area (Å²) in [5.74, 6) is -0.921. The molecule has 104 valence electrons. The Morgan fingerprint density at radius 1 is 1.60 bits per heavy atom. The van der Waals surface area contributed by atoms with Crippen molar-refractivity contribution in [1.82, 2.24) is 0 Å². The van der Waals surface area contributed by atoms with Gasteiger partial charge in [0.25, 0.3) is 0 Å². The Hall–Kier alpha value is -2.12. The second kappa shape index (κ2) is 5.89. The van der Waals surface area contributed by atoms with E-state index in [-0.39, 0.29) is 19.1 Å². The van der Waals surface area contributed by atoms with Crippen LogP contribution in [0.1, 0.15) is 18.6 Å². The van der Waals surface area contributed by atoms with Crippen LogP contribution in [0, 0.1) is 22.7 Å². The Labute approximate surface area is 118 Å². The van der Waals surface area contributed by atoms with Gasteiger partial charge in [0.1, 0.15) is 6.10 Å². The van der Waals surface area contributed by atoms with Crippen LogP contribution in [0.25, 0.3) is 0 Å². The number of ether oxygens (including phenoxy) is 2. The summed E-state index contributed by atoms with van der Waals surface area (Å²) in [6.45, 7) is 5.96. The lowest BCUT2D eigenvalue weighted by Crippen LogP contribution is -2.39. The molecule has 1 aliphatic heterocycles. The van der Waals surface area contributed by atoms with Gasteiger partial charge in [-0.05, 0) is 12.5 Å². The fourth-order valence-electron chi connectivity index (χ4n) is 2.59. The molecular weight excluding hydrogens is 254 g/mol. The van der Waals surface area contributed by atoms with Crippen LogP contribution in [-0.4, -0.2) is 19.2 Å². The summed E-state index contributed by atoms with van der Waals surface area (Å²) in [5, 5.41) is 9.67. The summed E-state index contributed by atoms with van der Waals surface area (Å²) >= 11 is 0. The quantitative estimate of drug-likeness (QED) is 0.624. The Morgan fingerprint density at radius 3 is 2.85 bits per heavy atom. The van der Waals surface area contributed by atoms with E-state index in [0.717, 1.165) is 5.56 Å². The van der Waals surface area contributed by atoms with Crippen molar-refractivity contribution < 1.29 is 14.3 Å². The van der Waals surface area contributed by atoms with E-state index in [9.17, 15) is 10.1 Å². The van der Waals surface area contributed by atoms with Crippen molar-refractivity contribution in [1.29, 1.82) is 5.26 Å². The van der Waals surface area contributed by atoms with E-state index in [0.29, 0.717) is 0 Å². The molecule has 1 aliphatic rings. The van der Waals surface area contributed by atoms with Crippen molar-refractivity contribution in [2.75, 3.05) is 13.2 Å². The third kappa shape index (κ3) is 2.10. The first kappa shape index (κ1) is 14.3. The van der Waals surface area contributed by atoms with Crippen molar-refractivity contribution in [3.05, 3.63) is 48.6 Å². The van der Waals surface area contributed by atoms with Gasteiger partial charge < -0.3 is 9.47 Å². The lowest BCUT2D eigenvalue weighted by molar-refractivity contribution is -0.156. The van der Waals surface area contributed by atoms with E-state index in [2.05, 4.69) is 12.6 Å². The fraction of sp³-hybridized carbons (Fsp3) is 0.375. The zero-order chi connectivity index (χ0) is 14.6. The topological polar surface area (TPSA) is 59.3 Å². The molecular formula is C16H17NO3. The lowest BCUT2D eigenvalue weighted by Gasteiger charge is -2.28. The number of esters is 1. The van der Waals surface area contributed by atoms with Crippen LogP contribution in [0.3, 0.4) is 0 Å². The summed E-state index contributed by atoms with van der Waals surface area (Å²) in [5.41, 5.74) is -0.564. The summed E-state index contributed by atoms with van der Waals surface area (Å²) in [7, 11) is 0. The fourth-order valence-corrected chi connectivity index (χ4v) is 2.59. The number of carbonyl (C=O) groups excluding carboxylic acids is 1. The lowest BCUT2D eigenvalue weighted by atomic mass is 9.72. The first-order valence-electron chi connectivity index (χ1n) is 6.58. The van der Waals surface area contributed by atoms with Gasteiger partial charge in [-0.2, -0.15) is 5.26 Å². The second-order valence-electron chi connectivity index (χ2n) is 4.67. The summed E-state index contributed by atoms with van der Waals surface area (Å²) in [4.78, 5) is 12.4. The van der Waals surface area contributed by atoms with E-state index >= 15 is 0 Å². The maximum Gasteiger partial charge on any atom is 0.330 e. The molecule has 4 heteroatoms. The molecule has 0 radical (unpaired) electrons. The van der Waals surface area contributed by atoms with Crippen LogP contribution < -0.4 is 0 Å².